The third kappa shape index (κ3) is 4.93. The summed E-state index contributed by atoms with van der Waals surface area (Å²) in [5.41, 5.74) is 3.02. The van der Waals surface area contributed by atoms with Crippen LogP contribution in [-0.2, 0) is 20.9 Å². The van der Waals surface area contributed by atoms with Crippen LogP contribution in [0.5, 0.6) is 0 Å². The van der Waals surface area contributed by atoms with Crippen LogP contribution in [0.2, 0.25) is 0 Å². The molecule has 0 aliphatic rings. The molecule has 0 unspecified atom stereocenters. The molecule has 0 aliphatic heterocycles. The highest BCUT2D eigenvalue weighted by atomic mass is 16.5. The molecule has 2 aromatic carbocycles. The monoisotopic (exact) mass is 327 g/mol. The molecule has 1 N–H and O–H groups in total. The summed E-state index contributed by atoms with van der Waals surface area (Å²) >= 11 is 0. The highest BCUT2D eigenvalue weighted by Crippen LogP contribution is 2.12. The lowest BCUT2D eigenvalue weighted by Gasteiger charge is -2.14. The van der Waals surface area contributed by atoms with Crippen LogP contribution in [0, 0.1) is 6.92 Å². The Morgan fingerprint density at radius 1 is 1.12 bits per heavy atom. The van der Waals surface area contributed by atoms with Crippen molar-refractivity contribution in [1.82, 2.24) is 0 Å². The topological polar surface area (TPSA) is 64.6 Å². The highest BCUT2D eigenvalue weighted by Gasteiger charge is 2.19. The number of aryl methyl sites for hydroxylation is 1. The lowest BCUT2D eigenvalue weighted by Crippen LogP contribution is -2.30. The Labute approximate surface area is 141 Å². The molecular weight excluding hydrogens is 306 g/mol. The summed E-state index contributed by atoms with van der Waals surface area (Å²) in [7, 11) is 1.59. The van der Waals surface area contributed by atoms with Gasteiger partial charge in [0.25, 0.3) is 5.91 Å². The minimum atomic E-state index is -0.898. The van der Waals surface area contributed by atoms with Crippen molar-refractivity contribution in [2.75, 3.05) is 12.4 Å². The minimum Gasteiger partial charge on any atom is -0.449 e. The Morgan fingerprint density at radius 3 is 2.50 bits per heavy atom. The fraction of sp³-hybridized carbons (Fsp3) is 0.263. The second kappa shape index (κ2) is 8.26. The van der Waals surface area contributed by atoms with Gasteiger partial charge in [-0.15, -0.1) is 0 Å². The van der Waals surface area contributed by atoms with E-state index in [1.807, 2.05) is 25.1 Å². The molecule has 5 heteroatoms. The lowest BCUT2D eigenvalue weighted by molar-refractivity contribution is -0.123. The molecule has 5 nitrogen and oxygen atoms in total. The van der Waals surface area contributed by atoms with E-state index in [4.69, 9.17) is 9.47 Å². The lowest BCUT2D eigenvalue weighted by atomic mass is 10.1. The van der Waals surface area contributed by atoms with E-state index in [0.29, 0.717) is 17.9 Å². The average molecular weight is 327 g/mol. The quantitative estimate of drug-likeness (QED) is 0.827. The van der Waals surface area contributed by atoms with E-state index in [1.165, 1.54) is 0 Å². The largest absolute Gasteiger partial charge is 0.449 e. The number of benzene rings is 2. The molecule has 0 saturated carbocycles. The number of hydrogen-bond acceptors (Lipinski definition) is 4. The van der Waals surface area contributed by atoms with Gasteiger partial charge >= 0.3 is 5.97 Å². The van der Waals surface area contributed by atoms with Crippen molar-refractivity contribution in [3.8, 4) is 0 Å². The zero-order chi connectivity index (χ0) is 17.5. The van der Waals surface area contributed by atoms with E-state index < -0.39 is 12.1 Å². The molecule has 1 atom stereocenters. The van der Waals surface area contributed by atoms with E-state index in [9.17, 15) is 9.59 Å². The Balaban J connectivity index is 1.96. The fourth-order valence-electron chi connectivity index (χ4n) is 2.12. The van der Waals surface area contributed by atoms with Gasteiger partial charge in [-0.2, -0.15) is 0 Å². The average Bonchev–Trinajstić information content (AvgIpc) is 2.57. The molecule has 0 radical (unpaired) electrons. The molecule has 126 valence electrons. The predicted molar refractivity (Wildman–Crippen MR) is 91.8 cm³/mol. The van der Waals surface area contributed by atoms with Gasteiger partial charge in [0, 0.05) is 12.8 Å². The molecule has 0 saturated heterocycles. The number of esters is 1. The van der Waals surface area contributed by atoms with Crippen LogP contribution in [-0.4, -0.2) is 25.1 Å². The minimum absolute atomic E-state index is 0.375. The summed E-state index contributed by atoms with van der Waals surface area (Å²) in [4.78, 5) is 24.3. The first kappa shape index (κ1) is 17.7. The molecule has 0 spiro atoms. The number of rotatable bonds is 6. The predicted octanol–water partition coefficient (Wildman–Crippen LogP) is 3.33. The number of hydrogen-bond donors (Lipinski definition) is 1. The smallest absolute Gasteiger partial charge is 0.338 e. The molecular formula is C19H21NO4. The SMILES string of the molecule is COCc1cccc(C(=O)O[C@H](C)C(=O)Nc2ccc(C)cc2)c1. The van der Waals surface area contributed by atoms with Crippen molar-refractivity contribution in [2.24, 2.45) is 0 Å². The van der Waals surface area contributed by atoms with E-state index >= 15 is 0 Å². The van der Waals surface area contributed by atoms with Gasteiger partial charge in [-0.25, -0.2) is 4.79 Å². The molecule has 0 heterocycles. The number of methoxy groups -OCH3 is 1. The second-order valence-electron chi connectivity index (χ2n) is 5.54. The van der Waals surface area contributed by atoms with Gasteiger partial charge < -0.3 is 14.8 Å². The normalized spacial score (nSPS) is 11.6. The summed E-state index contributed by atoms with van der Waals surface area (Å²) in [6.07, 6.45) is -0.898. The first-order valence-corrected chi connectivity index (χ1v) is 7.66. The summed E-state index contributed by atoms with van der Waals surface area (Å²) in [5.74, 6) is -0.917. The zero-order valence-corrected chi connectivity index (χ0v) is 14.0. The fourth-order valence-corrected chi connectivity index (χ4v) is 2.12. The molecule has 0 bridgehead atoms. The van der Waals surface area contributed by atoms with E-state index in [-0.39, 0.29) is 5.91 Å². The molecule has 0 fully saturated rings. The van der Waals surface area contributed by atoms with Crippen LogP contribution < -0.4 is 5.32 Å². The molecule has 0 aromatic heterocycles. The summed E-state index contributed by atoms with van der Waals surface area (Å²) in [6.45, 7) is 3.92. The molecule has 24 heavy (non-hydrogen) atoms. The Morgan fingerprint density at radius 2 is 1.83 bits per heavy atom. The van der Waals surface area contributed by atoms with Gasteiger partial charge in [0.15, 0.2) is 6.10 Å². The van der Waals surface area contributed by atoms with Crippen molar-refractivity contribution in [1.29, 1.82) is 0 Å². The van der Waals surface area contributed by atoms with E-state index in [2.05, 4.69) is 5.32 Å². The van der Waals surface area contributed by atoms with Crippen molar-refractivity contribution in [3.05, 3.63) is 65.2 Å². The van der Waals surface area contributed by atoms with Gasteiger partial charge in [-0.3, -0.25) is 4.79 Å². The van der Waals surface area contributed by atoms with Crippen LogP contribution in [0.3, 0.4) is 0 Å². The maximum Gasteiger partial charge on any atom is 0.338 e. The number of carbonyl (C=O) groups is 2. The van der Waals surface area contributed by atoms with Crippen LogP contribution in [0.15, 0.2) is 48.5 Å². The number of anilines is 1. The maximum absolute atomic E-state index is 12.2. The summed E-state index contributed by atoms with van der Waals surface area (Å²) in [5, 5.41) is 2.72. The van der Waals surface area contributed by atoms with Gasteiger partial charge in [0.1, 0.15) is 0 Å². The Kier molecular flexibility index (Phi) is 6.09. The van der Waals surface area contributed by atoms with Crippen molar-refractivity contribution < 1.29 is 19.1 Å². The molecule has 2 aromatic rings. The Bertz CT molecular complexity index is 710. The molecule has 1 amide bonds. The highest BCUT2D eigenvalue weighted by molar-refractivity contribution is 5.97. The third-order valence-electron chi connectivity index (χ3n) is 3.45. The van der Waals surface area contributed by atoms with Gasteiger partial charge in [-0.05, 0) is 43.7 Å². The standard InChI is InChI=1S/C19H21NO4/c1-13-7-9-17(10-8-13)20-18(21)14(2)24-19(22)16-6-4-5-15(11-16)12-23-3/h4-11,14H,12H2,1-3H3,(H,20,21)/t14-/m1/s1. The van der Waals surface area contributed by atoms with E-state index in [0.717, 1.165) is 11.1 Å². The first-order chi connectivity index (χ1) is 11.5. The summed E-state index contributed by atoms with van der Waals surface area (Å²) in [6, 6.07) is 14.3. The van der Waals surface area contributed by atoms with Crippen LogP contribution >= 0.6 is 0 Å². The van der Waals surface area contributed by atoms with Crippen LogP contribution in [0.4, 0.5) is 5.69 Å². The van der Waals surface area contributed by atoms with Crippen LogP contribution in [0.1, 0.15) is 28.4 Å². The number of amides is 1. The molecule has 2 rings (SSSR count). The Hall–Kier alpha value is -2.66. The zero-order valence-electron chi connectivity index (χ0n) is 14.0. The van der Waals surface area contributed by atoms with Gasteiger partial charge in [-0.1, -0.05) is 29.8 Å². The van der Waals surface area contributed by atoms with Gasteiger partial charge in [0.2, 0.25) is 0 Å². The number of ether oxygens (including phenoxy) is 2. The number of nitrogens with one attached hydrogen (secondary N) is 1. The van der Waals surface area contributed by atoms with Crippen LogP contribution in [0.25, 0.3) is 0 Å². The third-order valence-corrected chi connectivity index (χ3v) is 3.45. The maximum atomic E-state index is 12.2. The van der Waals surface area contributed by atoms with E-state index in [1.54, 1.807) is 44.4 Å². The van der Waals surface area contributed by atoms with Crippen molar-refractivity contribution >= 4 is 17.6 Å². The molecule has 0 aliphatic carbocycles. The number of carbonyl (C=O) groups excluding carboxylic acids is 2. The first-order valence-electron chi connectivity index (χ1n) is 7.66. The van der Waals surface area contributed by atoms with Crippen molar-refractivity contribution in [3.63, 3.8) is 0 Å². The van der Waals surface area contributed by atoms with Gasteiger partial charge in [0.05, 0.1) is 12.2 Å². The van der Waals surface area contributed by atoms with Crippen molar-refractivity contribution in [2.45, 2.75) is 26.6 Å². The summed E-state index contributed by atoms with van der Waals surface area (Å²) < 4.78 is 10.3. The second-order valence-corrected chi connectivity index (χ2v) is 5.54.